The maximum Gasteiger partial charge on any atom is 0.410 e. The number of amides is 2. The van der Waals surface area contributed by atoms with Gasteiger partial charge in [0.05, 0.1) is 0 Å². The molecule has 0 aromatic heterocycles. The van der Waals surface area contributed by atoms with E-state index >= 15 is 0 Å². The molecule has 142 valence electrons. The highest BCUT2D eigenvalue weighted by Gasteiger charge is 2.45. The van der Waals surface area contributed by atoms with Gasteiger partial charge in [0, 0.05) is 38.5 Å². The monoisotopic (exact) mass is 358 g/mol. The second-order valence-corrected chi connectivity index (χ2v) is 8.57. The van der Waals surface area contributed by atoms with Gasteiger partial charge in [0.2, 0.25) is 5.91 Å². The minimum Gasteiger partial charge on any atom is -0.444 e. The van der Waals surface area contributed by atoms with Crippen molar-refractivity contribution in [3.05, 3.63) is 35.9 Å². The van der Waals surface area contributed by atoms with Crippen molar-refractivity contribution < 1.29 is 14.3 Å². The maximum absolute atomic E-state index is 12.2. The minimum atomic E-state index is -0.475. The van der Waals surface area contributed by atoms with Gasteiger partial charge in [0.15, 0.2) is 0 Å². The lowest BCUT2D eigenvalue weighted by Gasteiger charge is -2.26. The number of benzene rings is 1. The normalized spacial score (nSPS) is 25.1. The molecule has 0 unspecified atom stereocenters. The van der Waals surface area contributed by atoms with Crippen molar-refractivity contribution in [1.82, 2.24) is 9.80 Å². The average Bonchev–Trinajstić information content (AvgIpc) is 3.20. The predicted octanol–water partition coefficient (Wildman–Crippen LogP) is 3.65. The van der Waals surface area contributed by atoms with Crippen LogP contribution in [0.1, 0.15) is 52.0 Å². The molecule has 1 aromatic rings. The van der Waals surface area contributed by atoms with E-state index < -0.39 is 5.60 Å². The van der Waals surface area contributed by atoms with Crippen LogP contribution in [0.4, 0.5) is 4.79 Å². The minimum absolute atomic E-state index is 0.129. The lowest BCUT2D eigenvalue weighted by Crippen LogP contribution is -2.39. The van der Waals surface area contributed by atoms with E-state index in [0.717, 1.165) is 19.4 Å². The molecule has 1 saturated heterocycles. The predicted molar refractivity (Wildman–Crippen MR) is 101 cm³/mol. The Morgan fingerprint density at radius 2 is 1.92 bits per heavy atom. The third-order valence-electron chi connectivity index (χ3n) is 5.18. The highest BCUT2D eigenvalue weighted by atomic mass is 16.6. The fraction of sp³-hybridized carbons (Fsp3) is 0.619. The van der Waals surface area contributed by atoms with Crippen LogP contribution in [-0.4, -0.2) is 53.1 Å². The third-order valence-corrected chi connectivity index (χ3v) is 5.18. The molecule has 1 saturated carbocycles. The fourth-order valence-electron chi connectivity index (χ4n) is 3.83. The molecule has 5 nitrogen and oxygen atoms in total. The van der Waals surface area contributed by atoms with Gasteiger partial charge in [-0.1, -0.05) is 30.3 Å². The summed E-state index contributed by atoms with van der Waals surface area (Å²) in [6, 6.07) is 10.7. The molecular formula is C21H30N2O3. The van der Waals surface area contributed by atoms with E-state index in [-0.39, 0.29) is 12.0 Å². The van der Waals surface area contributed by atoms with Crippen molar-refractivity contribution in [2.75, 3.05) is 19.6 Å². The second-order valence-electron chi connectivity index (χ2n) is 8.57. The van der Waals surface area contributed by atoms with Crippen molar-refractivity contribution in [3.63, 3.8) is 0 Å². The Morgan fingerprint density at radius 3 is 2.54 bits per heavy atom. The lowest BCUT2D eigenvalue weighted by molar-refractivity contribution is -0.130. The van der Waals surface area contributed by atoms with Crippen LogP contribution in [-0.2, 0) is 9.53 Å². The van der Waals surface area contributed by atoms with Gasteiger partial charge < -0.3 is 14.5 Å². The third kappa shape index (κ3) is 4.57. The van der Waals surface area contributed by atoms with E-state index in [1.807, 2.05) is 31.7 Å². The number of ether oxygens (including phenoxy) is 1. The highest BCUT2D eigenvalue weighted by molar-refractivity contribution is 5.74. The van der Waals surface area contributed by atoms with Gasteiger partial charge >= 0.3 is 6.09 Å². The van der Waals surface area contributed by atoms with Crippen LogP contribution in [0.25, 0.3) is 0 Å². The van der Waals surface area contributed by atoms with Crippen molar-refractivity contribution in [2.45, 2.75) is 58.1 Å². The molecule has 1 aliphatic carbocycles. The number of carbonyl (C=O) groups is 2. The molecule has 0 radical (unpaired) electrons. The molecule has 0 spiro atoms. The van der Waals surface area contributed by atoms with Gasteiger partial charge in [-0.2, -0.15) is 0 Å². The molecule has 0 bridgehead atoms. The first-order valence-electron chi connectivity index (χ1n) is 9.54. The Bertz CT molecular complexity index is 653. The Morgan fingerprint density at radius 1 is 1.23 bits per heavy atom. The first kappa shape index (κ1) is 18.7. The van der Waals surface area contributed by atoms with Gasteiger partial charge in [0.1, 0.15) is 5.60 Å². The Labute approximate surface area is 156 Å². The molecule has 3 rings (SSSR count). The quantitative estimate of drug-likeness (QED) is 0.825. The van der Waals surface area contributed by atoms with E-state index in [0.29, 0.717) is 31.0 Å². The van der Waals surface area contributed by atoms with Crippen molar-refractivity contribution in [2.24, 2.45) is 5.92 Å². The number of rotatable bonds is 4. The summed E-state index contributed by atoms with van der Waals surface area (Å²) in [7, 11) is 0. The van der Waals surface area contributed by atoms with Crippen molar-refractivity contribution in [3.8, 4) is 0 Å². The zero-order chi connectivity index (χ0) is 18.9. The summed E-state index contributed by atoms with van der Waals surface area (Å²) in [5.74, 6) is 0.899. The molecule has 2 aliphatic rings. The standard InChI is InChI=1S/C21H30N2O3/c1-15(24)23(19-12-18(19)17-8-6-5-7-9-17)14-16-10-11-22(13-16)20(25)26-21(2,3)4/h5-9,16,18-19H,10-14H2,1-4H3/t16-,18-,19+/m0/s1. The Hall–Kier alpha value is -2.04. The van der Waals surface area contributed by atoms with Gasteiger partial charge in [-0.3, -0.25) is 4.79 Å². The van der Waals surface area contributed by atoms with E-state index in [1.54, 1.807) is 11.8 Å². The molecule has 2 amide bonds. The molecule has 3 atom stereocenters. The Kier molecular flexibility index (Phi) is 5.26. The van der Waals surface area contributed by atoms with E-state index in [9.17, 15) is 9.59 Å². The summed E-state index contributed by atoms with van der Waals surface area (Å²) in [5, 5.41) is 0. The molecule has 0 N–H and O–H groups in total. The molecular weight excluding hydrogens is 328 g/mol. The van der Waals surface area contributed by atoms with Crippen molar-refractivity contribution >= 4 is 12.0 Å². The topological polar surface area (TPSA) is 49.9 Å². The number of likely N-dealkylation sites (tertiary alicyclic amines) is 1. The second kappa shape index (κ2) is 7.29. The highest BCUT2D eigenvalue weighted by Crippen LogP contribution is 2.45. The zero-order valence-electron chi connectivity index (χ0n) is 16.3. The summed E-state index contributed by atoms with van der Waals surface area (Å²) >= 11 is 0. The first-order chi connectivity index (χ1) is 12.2. The molecule has 1 aliphatic heterocycles. The van der Waals surface area contributed by atoms with Crippen LogP contribution in [0.2, 0.25) is 0 Å². The van der Waals surface area contributed by atoms with Crippen LogP contribution < -0.4 is 0 Å². The van der Waals surface area contributed by atoms with Gasteiger partial charge in [-0.05, 0) is 45.1 Å². The largest absolute Gasteiger partial charge is 0.444 e. The van der Waals surface area contributed by atoms with Crippen LogP contribution in [0.5, 0.6) is 0 Å². The van der Waals surface area contributed by atoms with Gasteiger partial charge in [-0.15, -0.1) is 0 Å². The van der Waals surface area contributed by atoms with E-state index in [2.05, 4.69) is 24.3 Å². The molecule has 5 heteroatoms. The van der Waals surface area contributed by atoms with E-state index in [4.69, 9.17) is 4.74 Å². The summed E-state index contributed by atoms with van der Waals surface area (Å²) in [4.78, 5) is 28.2. The summed E-state index contributed by atoms with van der Waals surface area (Å²) < 4.78 is 5.46. The molecule has 2 fully saturated rings. The number of hydrogen-bond acceptors (Lipinski definition) is 3. The number of nitrogens with zero attached hydrogens (tertiary/aromatic N) is 2. The summed E-state index contributed by atoms with van der Waals surface area (Å²) in [5.41, 5.74) is 0.836. The van der Waals surface area contributed by atoms with Crippen LogP contribution in [0, 0.1) is 5.92 Å². The average molecular weight is 358 g/mol. The fourth-order valence-corrected chi connectivity index (χ4v) is 3.83. The van der Waals surface area contributed by atoms with Crippen LogP contribution in [0.15, 0.2) is 30.3 Å². The number of carbonyl (C=O) groups excluding carboxylic acids is 2. The molecule has 1 heterocycles. The van der Waals surface area contributed by atoms with Gasteiger partial charge in [-0.25, -0.2) is 4.79 Å². The van der Waals surface area contributed by atoms with E-state index in [1.165, 1.54) is 5.56 Å². The summed E-state index contributed by atoms with van der Waals surface area (Å²) in [6.07, 6.45) is 1.71. The van der Waals surface area contributed by atoms with Gasteiger partial charge in [0.25, 0.3) is 0 Å². The SMILES string of the molecule is CC(=O)N(C[C@H]1CCN(C(=O)OC(C)(C)C)C1)[C@@H]1C[C@H]1c1ccccc1. The van der Waals surface area contributed by atoms with Crippen LogP contribution >= 0.6 is 0 Å². The first-order valence-corrected chi connectivity index (χ1v) is 9.54. The maximum atomic E-state index is 12.2. The van der Waals surface area contributed by atoms with Crippen molar-refractivity contribution in [1.29, 1.82) is 0 Å². The van der Waals surface area contributed by atoms with Crippen LogP contribution in [0.3, 0.4) is 0 Å². The Balaban J connectivity index is 1.55. The smallest absolute Gasteiger partial charge is 0.410 e. The molecule has 1 aromatic carbocycles. The lowest BCUT2D eigenvalue weighted by atomic mass is 10.1. The number of hydrogen-bond donors (Lipinski definition) is 0. The summed E-state index contributed by atoms with van der Waals surface area (Å²) in [6.45, 7) is 9.40. The zero-order valence-corrected chi connectivity index (χ0v) is 16.3. The molecule has 26 heavy (non-hydrogen) atoms.